The second-order valence-electron chi connectivity index (χ2n) is 7.51. The van der Waals surface area contributed by atoms with Gasteiger partial charge in [0.25, 0.3) is 0 Å². The number of aryl methyl sites for hydroxylation is 1. The van der Waals surface area contributed by atoms with Crippen LogP contribution in [0.3, 0.4) is 0 Å². The Bertz CT molecular complexity index is 638. The van der Waals surface area contributed by atoms with Crippen LogP contribution in [0.15, 0.2) is 24.3 Å². The lowest BCUT2D eigenvalue weighted by Crippen LogP contribution is -2.51. The van der Waals surface area contributed by atoms with E-state index in [2.05, 4.69) is 4.90 Å². The number of hydrogen-bond acceptors (Lipinski definition) is 3. The molecule has 6 heteroatoms. The van der Waals surface area contributed by atoms with Crippen LogP contribution < -0.4 is 0 Å². The predicted octanol–water partition coefficient (Wildman–Crippen LogP) is 2.31. The summed E-state index contributed by atoms with van der Waals surface area (Å²) in [6.07, 6.45) is 4.72. The van der Waals surface area contributed by atoms with Crippen molar-refractivity contribution in [2.24, 2.45) is 0 Å². The number of benzene rings is 1. The average Bonchev–Trinajstić information content (AvgIpc) is 3.21. The molecule has 2 fully saturated rings. The van der Waals surface area contributed by atoms with Gasteiger partial charge in [-0.15, -0.1) is 0 Å². The van der Waals surface area contributed by atoms with E-state index in [4.69, 9.17) is 0 Å². The maximum absolute atomic E-state index is 13.6. The van der Waals surface area contributed by atoms with Crippen molar-refractivity contribution in [3.63, 3.8) is 0 Å². The summed E-state index contributed by atoms with van der Waals surface area (Å²) in [4.78, 5) is 30.8. The molecule has 2 aliphatic rings. The van der Waals surface area contributed by atoms with Crippen LogP contribution in [-0.2, 0) is 16.0 Å². The Morgan fingerprint density at radius 1 is 0.852 bits per heavy atom. The Hall–Kier alpha value is -1.95. The molecule has 5 nitrogen and oxygen atoms in total. The van der Waals surface area contributed by atoms with E-state index in [9.17, 15) is 14.0 Å². The molecule has 0 saturated carbocycles. The third-order valence-corrected chi connectivity index (χ3v) is 5.62. The van der Waals surface area contributed by atoms with E-state index in [-0.39, 0.29) is 17.6 Å². The zero-order valence-electron chi connectivity index (χ0n) is 16.0. The number of likely N-dealkylation sites (tertiary alicyclic amines) is 1. The summed E-state index contributed by atoms with van der Waals surface area (Å²) in [5, 5.41) is 0. The minimum absolute atomic E-state index is 0.107. The molecule has 148 valence electrons. The van der Waals surface area contributed by atoms with Crippen LogP contribution in [-0.4, -0.2) is 72.3 Å². The highest BCUT2D eigenvalue weighted by molar-refractivity contribution is 5.78. The van der Waals surface area contributed by atoms with E-state index in [1.165, 1.54) is 18.9 Å². The summed E-state index contributed by atoms with van der Waals surface area (Å²) < 4.78 is 13.6. The van der Waals surface area contributed by atoms with Gasteiger partial charge in [-0.25, -0.2) is 4.39 Å². The largest absolute Gasteiger partial charge is 0.339 e. The number of hydrogen-bond donors (Lipinski definition) is 0. The van der Waals surface area contributed by atoms with Gasteiger partial charge in [-0.1, -0.05) is 18.2 Å². The van der Waals surface area contributed by atoms with Crippen molar-refractivity contribution in [2.75, 3.05) is 45.8 Å². The third kappa shape index (κ3) is 5.76. The van der Waals surface area contributed by atoms with Crippen molar-refractivity contribution in [3.8, 4) is 0 Å². The Kier molecular flexibility index (Phi) is 7.21. The van der Waals surface area contributed by atoms with E-state index >= 15 is 0 Å². The van der Waals surface area contributed by atoms with Crippen molar-refractivity contribution >= 4 is 11.8 Å². The minimum Gasteiger partial charge on any atom is -0.339 e. The molecule has 2 amide bonds. The normalized spacial score (nSPS) is 18.1. The molecule has 0 aromatic heterocycles. The summed E-state index contributed by atoms with van der Waals surface area (Å²) in [5.74, 6) is 0.107. The van der Waals surface area contributed by atoms with Crippen LogP contribution in [0.1, 0.15) is 37.7 Å². The van der Waals surface area contributed by atoms with Gasteiger partial charge in [-0.05, 0) is 50.4 Å². The van der Waals surface area contributed by atoms with E-state index in [0.29, 0.717) is 57.4 Å². The quantitative estimate of drug-likeness (QED) is 0.735. The second-order valence-corrected chi connectivity index (χ2v) is 7.51. The SMILES string of the molecule is O=C(CCCc1ccccc1F)N1CCN(C(=O)CCN2CCCC2)CC1. The highest BCUT2D eigenvalue weighted by Gasteiger charge is 2.24. The molecule has 3 rings (SSSR count). The Morgan fingerprint density at radius 3 is 2.07 bits per heavy atom. The molecule has 0 bridgehead atoms. The van der Waals surface area contributed by atoms with Crippen molar-refractivity contribution in [2.45, 2.75) is 38.5 Å². The van der Waals surface area contributed by atoms with Gasteiger partial charge in [0.1, 0.15) is 5.82 Å². The fourth-order valence-electron chi connectivity index (χ4n) is 3.91. The molecule has 0 unspecified atom stereocenters. The van der Waals surface area contributed by atoms with Gasteiger partial charge >= 0.3 is 0 Å². The maximum Gasteiger partial charge on any atom is 0.223 e. The fourth-order valence-corrected chi connectivity index (χ4v) is 3.91. The number of amides is 2. The summed E-state index contributed by atoms with van der Waals surface area (Å²) in [6, 6.07) is 6.72. The molecular weight excluding hydrogens is 345 g/mol. The lowest BCUT2D eigenvalue weighted by Gasteiger charge is -2.35. The Balaban J connectivity index is 1.33. The molecular formula is C21H30FN3O2. The number of carbonyl (C=O) groups is 2. The third-order valence-electron chi connectivity index (χ3n) is 5.62. The first-order valence-electron chi connectivity index (χ1n) is 10.1. The van der Waals surface area contributed by atoms with Crippen LogP contribution >= 0.6 is 0 Å². The van der Waals surface area contributed by atoms with Crippen LogP contribution in [0.2, 0.25) is 0 Å². The van der Waals surface area contributed by atoms with Crippen LogP contribution in [0.25, 0.3) is 0 Å². The van der Waals surface area contributed by atoms with Gasteiger partial charge in [-0.2, -0.15) is 0 Å². The van der Waals surface area contributed by atoms with E-state index in [0.717, 1.165) is 19.6 Å². The van der Waals surface area contributed by atoms with E-state index < -0.39 is 0 Å². The molecule has 27 heavy (non-hydrogen) atoms. The standard InChI is InChI=1S/C21H30FN3O2/c22-19-8-2-1-6-18(19)7-5-9-20(26)24-14-16-25(17-15-24)21(27)10-13-23-11-3-4-12-23/h1-2,6,8H,3-5,7,9-17H2. The molecule has 2 aliphatic heterocycles. The monoisotopic (exact) mass is 375 g/mol. The van der Waals surface area contributed by atoms with Gasteiger partial charge < -0.3 is 14.7 Å². The van der Waals surface area contributed by atoms with Crippen molar-refractivity contribution < 1.29 is 14.0 Å². The first-order valence-corrected chi connectivity index (χ1v) is 10.1. The summed E-state index contributed by atoms with van der Waals surface area (Å²) in [5.41, 5.74) is 0.665. The van der Waals surface area contributed by atoms with Crippen molar-refractivity contribution in [1.29, 1.82) is 0 Å². The molecule has 1 aromatic carbocycles. The fraction of sp³-hybridized carbons (Fsp3) is 0.619. The first kappa shape index (κ1) is 19.8. The van der Waals surface area contributed by atoms with Gasteiger partial charge in [0.2, 0.25) is 11.8 Å². The Labute approximate surface area is 161 Å². The second kappa shape index (κ2) is 9.83. The van der Waals surface area contributed by atoms with E-state index in [1.807, 2.05) is 15.9 Å². The Morgan fingerprint density at radius 2 is 1.44 bits per heavy atom. The molecule has 2 heterocycles. The van der Waals surface area contributed by atoms with Crippen molar-refractivity contribution in [3.05, 3.63) is 35.6 Å². The molecule has 0 radical (unpaired) electrons. The highest BCUT2D eigenvalue weighted by Crippen LogP contribution is 2.13. The van der Waals surface area contributed by atoms with Gasteiger partial charge in [-0.3, -0.25) is 9.59 Å². The summed E-state index contributed by atoms with van der Waals surface area (Å²) >= 11 is 0. The van der Waals surface area contributed by atoms with Crippen LogP contribution in [0.4, 0.5) is 4.39 Å². The van der Waals surface area contributed by atoms with Gasteiger partial charge in [0.05, 0.1) is 0 Å². The molecule has 0 atom stereocenters. The highest BCUT2D eigenvalue weighted by atomic mass is 19.1. The maximum atomic E-state index is 13.6. The molecule has 0 N–H and O–H groups in total. The molecule has 0 spiro atoms. The topological polar surface area (TPSA) is 43.9 Å². The lowest BCUT2D eigenvalue weighted by molar-refractivity contribution is -0.139. The number of rotatable bonds is 7. The molecule has 2 saturated heterocycles. The summed E-state index contributed by atoms with van der Waals surface area (Å²) in [7, 11) is 0. The van der Waals surface area contributed by atoms with Crippen LogP contribution in [0, 0.1) is 5.82 Å². The molecule has 0 aliphatic carbocycles. The predicted molar refractivity (Wildman–Crippen MR) is 103 cm³/mol. The first-order chi connectivity index (χ1) is 13.1. The van der Waals surface area contributed by atoms with Gasteiger partial charge in [0, 0.05) is 45.6 Å². The average molecular weight is 375 g/mol. The number of carbonyl (C=O) groups excluding carboxylic acids is 2. The number of halogens is 1. The number of nitrogens with zero attached hydrogens (tertiary/aromatic N) is 3. The summed E-state index contributed by atoms with van der Waals surface area (Å²) in [6.45, 7) is 5.54. The van der Waals surface area contributed by atoms with Gasteiger partial charge in [0.15, 0.2) is 0 Å². The zero-order valence-corrected chi connectivity index (χ0v) is 16.0. The van der Waals surface area contributed by atoms with E-state index in [1.54, 1.807) is 12.1 Å². The lowest BCUT2D eigenvalue weighted by atomic mass is 10.1. The smallest absolute Gasteiger partial charge is 0.223 e. The zero-order chi connectivity index (χ0) is 19.1. The molecule has 1 aromatic rings. The minimum atomic E-state index is -0.203. The van der Waals surface area contributed by atoms with Crippen molar-refractivity contribution in [1.82, 2.24) is 14.7 Å². The number of piperazine rings is 1. The van der Waals surface area contributed by atoms with Crippen LogP contribution in [0.5, 0.6) is 0 Å².